The summed E-state index contributed by atoms with van der Waals surface area (Å²) in [5, 5.41) is 0. The van der Waals surface area contributed by atoms with Gasteiger partial charge in [-0.15, -0.1) is 0 Å². The fourth-order valence-electron chi connectivity index (χ4n) is 2.16. The smallest absolute Gasteiger partial charge is 0.258 e. The second kappa shape index (κ2) is 5.28. The number of benzene rings is 2. The Morgan fingerprint density at radius 2 is 1.81 bits per heavy atom. The summed E-state index contributed by atoms with van der Waals surface area (Å²) in [7, 11) is 1.62. The van der Waals surface area contributed by atoms with Gasteiger partial charge in [0, 0.05) is 7.05 Å². The summed E-state index contributed by atoms with van der Waals surface area (Å²) < 4.78 is 5.76. The molecule has 21 heavy (non-hydrogen) atoms. The molecule has 2 N–H and O–H groups in total. The Labute approximate surface area is 122 Å². The molecule has 0 aromatic heterocycles. The summed E-state index contributed by atoms with van der Waals surface area (Å²) >= 11 is 0. The van der Waals surface area contributed by atoms with E-state index in [0.29, 0.717) is 5.75 Å². The van der Waals surface area contributed by atoms with Crippen LogP contribution in [0.4, 0.5) is 0 Å². The number of guanidine groups is 1. The first-order chi connectivity index (χ1) is 10.1. The molecule has 5 nitrogen and oxygen atoms in total. The van der Waals surface area contributed by atoms with Crippen LogP contribution in [0.5, 0.6) is 11.5 Å². The van der Waals surface area contributed by atoms with Gasteiger partial charge in [-0.1, -0.05) is 30.3 Å². The second-order valence-corrected chi connectivity index (χ2v) is 4.77. The van der Waals surface area contributed by atoms with Gasteiger partial charge in [-0.05, 0) is 29.8 Å². The van der Waals surface area contributed by atoms with Gasteiger partial charge >= 0.3 is 0 Å². The Kier molecular flexibility index (Phi) is 3.31. The van der Waals surface area contributed by atoms with E-state index >= 15 is 0 Å². The van der Waals surface area contributed by atoms with E-state index in [1.165, 1.54) is 4.90 Å². The van der Waals surface area contributed by atoms with Crippen molar-refractivity contribution in [3.8, 4) is 11.5 Å². The summed E-state index contributed by atoms with van der Waals surface area (Å²) in [4.78, 5) is 17.6. The Morgan fingerprint density at radius 3 is 2.48 bits per heavy atom. The number of ether oxygens (including phenoxy) is 1. The van der Waals surface area contributed by atoms with Gasteiger partial charge in [0.15, 0.2) is 12.0 Å². The Hall–Kier alpha value is -2.82. The van der Waals surface area contributed by atoms with Crippen LogP contribution < -0.4 is 10.5 Å². The van der Waals surface area contributed by atoms with Crippen molar-refractivity contribution >= 4 is 11.9 Å². The molecule has 2 aromatic carbocycles. The third-order valence-electron chi connectivity index (χ3n) is 3.32. The first-order valence-electron chi connectivity index (χ1n) is 6.59. The van der Waals surface area contributed by atoms with Crippen molar-refractivity contribution in [2.75, 3.05) is 7.05 Å². The monoisotopic (exact) mass is 281 g/mol. The lowest BCUT2D eigenvalue weighted by Gasteiger charge is -2.11. The van der Waals surface area contributed by atoms with E-state index in [1.54, 1.807) is 7.05 Å². The molecule has 0 bridgehead atoms. The summed E-state index contributed by atoms with van der Waals surface area (Å²) in [6.07, 6.45) is 0. The molecule has 0 saturated heterocycles. The predicted octanol–water partition coefficient (Wildman–Crippen LogP) is 2.31. The minimum absolute atomic E-state index is 0.135. The quantitative estimate of drug-likeness (QED) is 0.938. The standard InChI is InChI=1S/C16H15N3O2/c1-19-15(20)14(18-16(19)17)11-6-5-9-13(10-11)21-12-7-3-2-4-8-12/h2-10,14H,1H3,(H2,17,18). The third-order valence-corrected chi connectivity index (χ3v) is 3.32. The van der Waals surface area contributed by atoms with Gasteiger partial charge in [-0.3, -0.25) is 9.69 Å². The van der Waals surface area contributed by atoms with E-state index in [0.717, 1.165) is 11.3 Å². The summed E-state index contributed by atoms with van der Waals surface area (Å²) in [6, 6.07) is 16.2. The number of hydrogen-bond acceptors (Lipinski definition) is 4. The maximum atomic E-state index is 12.1. The van der Waals surface area contributed by atoms with Crippen LogP contribution in [0, 0.1) is 0 Å². The zero-order valence-electron chi connectivity index (χ0n) is 11.6. The molecule has 2 aromatic rings. The molecule has 0 aliphatic carbocycles. The number of nitrogens with zero attached hydrogens (tertiary/aromatic N) is 2. The largest absolute Gasteiger partial charge is 0.457 e. The van der Waals surface area contributed by atoms with Gasteiger partial charge in [0.25, 0.3) is 5.91 Å². The number of amides is 1. The molecule has 1 heterocycles. The van der Waals surface area contributed by atoms with Crippen LogP contribution in [0.3, 0.4) is 0 Å². The molecule has 106 valence electrons. The number of hydrogen-bond donors (Lipinski definition) is 1. The number of likely N-dealkylation sites (N-methyl/N-ethyl adjacent to an activating group) is 1. The molecular weight excluding hydrogens is 266 g/mol. The van der Waals surface area contributed by atoms with E-state index in [4.69, 9.17) is 10.5 Å². The number of carbonyl (C=O) groups excluding carboxylic acids is 1. The molecule has 0 fully saturated rings. The van der Waals surface area contributed by atoms with Crippen LogP contribution in [-0.2, 0) is 4.79 Å². The molecule has 1 atom stereocenters. The van der Waals surface area contributed by atoms with E-state index in [-0.39, 0.29) is 11.9 Å². The minimum atomic E-state index is -0.589. The summed E-state index contributed by atoms with van der Waals surface area (Å²) in [5.41, 5.74) is 6.45. The third kappa shape index (κ3) is 2.58. The number of para-hydroxylation sites is 1. The minimum Gasteiger partial charge on any atom is -0.457 e. The van der Waals surface area contributed by atoms with Crippen LogP contribution in [0.2, 0.25) is 0 Å². The number of rotatable bonds is 3. The van der Waals surface area contributed by atoms with E-state index in [1.807, 2.05) is 54.6 Å². The van der Waals surface area contributed by atoms with E-state index in [9.17, 15) is 4.79 Å². The van der Waals surface area contributed by atoms with Gasteiger partial charge in [0.1, 0.15) is 11.5 Å². The lowest BCUT2D eigenvalue weighted by molar-refractivity contribution is -0.126. The van der Waals surface area contributed by atoms with Gasteiger partial charge in [-0.2, -0.15) is 0 Å². The highest BCUT2D eigenvalue weighted by molar-refractivity contribution is 6.04. The predicted molar refractivity (Wildman–Crippen MR) is 80.1 cm³/mol. The highest BCUT2D eigenvalue weighted by atomic mass is 16.5. The Bertz CT molecular complexity index is 698. The van der Waals surface area contributed by atoms with Gasteiger partial charge in [0.05, 0.1) is 0 Å². The van der Waals surface area contributed by atoms with Gasteiger partial charge in [-0.25, -0.2) is 4.99 Å². The van der Waals surface area contributed by atoms with Crippen LogP contribution in [0.1, 0.15) is 11.6 Å². The second-order valence-electron chi connectivity index (χ2n) is 4.77. The molecule has 5 heteroatoms. The fourth-order valence-corrected chi connectivity index (χ4v) is 2.16. The molecule has 0 saturated carbocycles. The zero-order chi connectivity index (χ0) is 14.8. The topological polar surface area (TPSA) is 67.9 Å². The van der Waals surface area contributed by atoms with Crippen LogP contribution in [0.15, 0.2) is 59.6 Å². The van der Waals surface area contributed by atoms with Crippen molar-refractivity contribution in [3.05, 3.63) is 60.2 Å². The first kappa shape index (κ1) is 13.2. The molecule has 1 unspecified atom stereocenters. The molecule has 1 amide bonds. The maximum Gasteiger partial charge on any atom is 0.258 e. The van der Waals surface area contributed by atoms with Crippen molar-refractivity contribution in [3.63, 3.8) is 0 Å². The lowest BCUT2D eigenvalue weighted by atomic mass is 10.1. The van der Waals surface area contributed by atoms with Gasteiger partial charge < -0.3 is 10.5 Å². The van der Waals surface area contributed by atoms with Crippen molar-refractivity contribution < 1.29 is 9.53 Å². The molecule has 1 aliphatic heterocycles. The van der Waals surface area contributed by atoms with E-state index < -0.39 is 6.04 Å². The molecule has 1 aliphatic rings. The zero-order valence-corrected chi connectivity index (χ0v) is 11.6. The SMILES string of the molecule is CN1C(=O)C(c2cccc(Oc3ccccc3)c2)N=C1N. The normalized spacial score (nSPS) is 17.8. The molecule has 0 radical (unpaired) electrons. The molecular formula is C16H15N3O2. The first-order valence-corrected chi connectivity index (χ1v) is 6.59. The average Bonchev–Trinajstić information content (AvgIpc) is 2.76. The maximum absolute atomic E-state index is 12.1. The van der Waals surface area contributed by atoms with Crippen molar-refractivity contribution in [2.24, 2.45) is 10.7 Å². The van der Waals surface area contributed by atoms with Crippen LogP contribution >= 0.6 is 0 Å². The highest BCUT2D eigenvalue weighted by Gasteiger charge is 2.31. The van der Waals surface area contributed by atoms with Crippen molar-refractivity contribution in [1.29, 1.82) is 0 Å². The Balaban J connectivity index is 1.86. The van der Waals surface area contributed by atoms with Crippen LogP contribution in [-0.4, -0.2) is 23.8 Å². The summed E-state index contributed by atoms with van der Waals surface area (Å²) in [6.45, 7) is 0. The Morgan fingerprint density at radius 1 is 1.10 bits per heavy atom. The van der Waals surface area contributed by atoms with Crippen LogP contribution in [0.25, 0.3) is 0 Å². The highest BCUT2D eigenvalue weighted by Crippen LogP contribution is 2.29. The number of nitrogens with two attached hydrogens (primary N) is 1. The lowest BCUT2D eigenvalue weighted by Crippen LogP contribution is -2.34. The van der Waals surface area contributed by atoms with E-state index in [2.05, 4.69) is 4.99 Å². The fraction of sp³-hybridized carbons (Fsp3) is 0.125. The molecule has 3 rings (SSSR count). The van der Waals surface area contributed by atoms with Crippen molar-refractivity contribution in [1.82, 2.24) is 4.90 Å². The van der Waals surface area contributed by atoms with Crippen molar-refractivity contribution in [2.45, 2.75) is 6.04 Å². The average molecular weight is 281 g/mol. The van der Waals surface area contributed by atoms with Gasteiger partial charge in [0.2, 0.25) is 0 Å². The molecule has 0 spiro atoms. The number of carbonyl (C=O) groups is 1. The number of aliphatic imine (C=N–C) groups is 1. The summed E-state index contributed by atoms with van der Waals surface area (Å²) in [5.74, 6) is 1.51.